The number of esters is 1. The summed E-state index contributed by atoms with van der Waals surface area (Å²) in [6.45, 7) is -0.420. The van der Waals surface area contributed by atoms with Gasteiger partial charge < -0.3 is 9.15 Å². The van der Waals surface area contributed by atoms with Gasteiger partial charge in [-0.3, -0.25) is 10.1 Å². The summed E-state index contributed by atoms with van der Waals surface area (Å²) < 4.78 is 47.6. The molecule has 0 fully saturated rings. The molecule has 30 heavy (non-hydrogen) atoms. The van der Waals surface area contributed by atoms with Crippen LogP contribution in [-0.2, 0) is 11.3 Å². The average Bonchev–Trinajstić information content (AvgIpc) is 3.19. The number of alkyl halides is 3. The van der Waals surface area contributed by atoms with Gasteiger partial charge in [0.15, 0.2) is 6.61 Å². The minimum absolute atomic E-state index is 0.0544. The number of pyridine rings is 1. The highest BCUT2D eigenvalue weighted by atomic mass is 32.2. The topological polar surface area (TPSA) is 121 Å². The van der Waals surface area contributed by atoms with Gasteiger partial charge in [0.1, 0.15) is 5.03 Å². The minimum Gasteiger partial charge on any atom is -0.452 e. The Morgan fingerprint density at radius 1 is 1.20 bits per heavy atom. The Hall–Kier alpha value is -3.48. The maximum atomic E-state index is 12.4. The zero-order valence-corrected chi connectivity index (χ0v) is 15.6. The average molecular weight is 440 g/mol. The molecular formula is C17H11F3N4O5S. The Bertz CT molecular complexity index is 1060. The van der Waals surface area contributed by atoms with Crippen LogP contribution in [0.3, 0.4) is 0 Å². The summed E-state index contributed by atoms with van der Waals surface area (Å²) in [7, 11) is 0. The van der Waals surface area contributed by atoms with Crippen LogP contribution in [0.25, 0.3) is 11.5 Å². The van der Waals surface area contributed by atoms with Crippen LogP contribution in [0, 0.1) is 10.1 Å². The molecule has 0 saturated carbocycles. The first-order chi connectivity index (χ1) is 14.2. The third-order valence-corrected chi connectivity index (χ3v) is 4.55. The van der Waals surface area contributed by atoms with Crippen LogP contribution < -0.4 is 0 Å². The van der Waals surface area contributed by atoms with Crippen molar-refractivity contribution in [3.05, 3.63) is 64.2 Å². The molecule has 0 bridgehead atoms. The third-order valence-electron chi connectivity index (χ3n) is 3.48. The van der Waals surface area contributed by atoms with Crippen molar-refractivity contribution >= 4 is 23.4 Å². The van der Waals surface area contributed by atoms with E-state index in [9.17, 15) is 28.1 Å². The smallest absolute Gasteiger partial charge is 0.398 e. The summed E-state index contributed by atoms with van der Waals surface area (Å²) in [6.07, 6.45) is -3.15. The highest BCUT2D eigenvalue weighted by Crippen LogP contribution is 2.28. The summed E-state index contributed by atoms with van der Waals surface area (Å²) >= 11 is 0.372. The molecule has 3 aromatic rings. The van der Waals surface area contributed by atoms with Gasteiger partial charge in [-0.15, -0.1) is 10.2 Å². The van der Waals surface area contributed by atoms with Crippen molar-refractivity contribution in [1.29, 1.82) is 0 Å². The van der Waals surface area contributed by atoms with Crippen LogP contribution in [0.2, 0.25) is 0 Å². The molecule has 13 heteroatoms. The van der Waals surface area contributed by atoms with Crippen LogP contribution in [0.5, 0.6) is 0 Å². The normalized spacial score (nSPS) is 11.3. The summed E-state index contributed by atoms with van der Waals surface area (Å²) in [4.78, 5) is 26.1. The lowest BCUT2D eigenvalue weighted by Gasteiger charge is -2.09. The standard InChI is InChI=1S/C17H11F3N4O5S/c18-17(19,20)9-30-15-12(2-1-7-21-15)16(25)28-8-13-22-23-14(29-13)10-3-5-11(6-4-10)24(26)27/h1-7H,8-9H2. The van der Waals surface area contributed by atoms with Crippen LogP contribution in [-0.4, -0.2) is 38.0 Å². The molecule has 0 N–H and O–H groups in total. The Balaban J connectivity index is 1.64. The summed E-state index contributed by atoms with van der Waals surface area (Å²) in [6, 6.07) is 8.06. The highest BCUT2D eigenvalue weighted by molar-refractivity contribution is 7.99. The third kappa shape index (κ3) is 5.53. The van der Waals surface area contributed by atoms with Crippen LogP contribution in [0.1, 0.15) is 16.2 Å². The molecule has 0 amide bonds. The highest BCUT2D eigenvalue weighted by Gasteiger charge is 2.29. The lowest BCUT2D eigenvalue weighted by Crippen LogP contribution is -2.13. The number of hydrogen-bond donors (Lipinski definition) is 0. The predicted octanol–water partition coefficient (Wildman–Crippen LogP) is 4.05. The van der Waals surface area contributed by atoms with Crippen molar-refractivity contribution < 1.29 is 32.0 Å². The number of non-ortho nitro benzene ring substituents is 1. The molecule has 0 atom stereocenters. The monoisotopic (exact) mass is 440 g/mol. The Labute approximate surface area is 170 Å². The minimum atomic E-state index is -4.42. The van der Waals surface area contributed by atoms with Crippen molar-refractivity contribution in [3.8, 4) is 11.5 Å². The quantitative estimate of drug-likeness (QED) is 0.232. The molecule has 0 spiro atoms. The van der Waals surface area contributed by atoms with E-state index in [1.807, 2.05) is 0 Å². The number of nitrogens with zero attached hydrogens (tertiary/aromatic N) is 4. The van der Waals surface area contributed by atoms with E-state index in [0.717, 1.165) is 0 Å². The number of nitro benzene ring substituents is 1. The van der Waals surface area contributed by atoms with Gasteiger partial charge in [-0.1, -0.05) is 11.8 Å². The molecule has 0 radical (unpaired) electrons. The molecule has 0 aliphatic carbocycles. The van der Waals surface area contributed by atoms with Crippen molar-refractivity contribution in [3.63, 3.8) is 0 Å². The number of hydrogen-bond acceptors (Lipinski definition) is 9. The predicted molar refractivity (Wildman–Crippen MR) is 96.5 cm³/mol. The Morgan fingerprint density at radius 2 is 1.93 bits per heavy atom. The van der Waals surface area contributed by atoms with Crippen molar-refractivity contribution in [2.24, 2.45) is 0 Å². The molecular weight excluding hydrogens is 429 g/mol. The first kappa shape index (κ1) is 21.2. The van der Waals surface area contributed by atoms with E-state index in [1.165, 1.54) is 42.6 Å². The van der Waals surface area contributed by atoms with E-state index in [4.69, 9.17) is 9.15 Å². The van der Waals surface area contributed by atoms with Crippen molar-refractivity contribution in [2.45, 2.75) is 17.8 Å². The van der Waals surface area contributed by atoms with Gasteiger partial charge in [-0.25, -0.2) is 9.78 Å². The number of halogens is 3. The summed E-state index contributed by atoms with van der Waals surface area (Å²) in [5, 5.41) is 18.0. The molecule has 0 aliphatic rings. The molecule has 2 heterocycles. The molecule has 3 rings (SSSR count). The number of benzene rings is 1. The van der Waals surface area contributed by atoms with Gasteiger partial charge in [-0.2, -0.15) is 13.2 Å². The second-order valence-corrected chi connectivity index (χ2v) is 6.61. The zero-order valence-electron chi connectivity index (χ0n) is 14.8. The van der Waals surface area contributed by atoms with E-state index in [-0.39, 0.29) is 28.1 Å². The van der Waals surface area contributed by atoms with Crippen molar-refractivity contribution in [1.82, 2.24) is 15.2 Å². The second-order valence-electron chi connectivity index (χ2n) is 5.64. The number of aromatic nitrogens is 3. The summed E-state index contributed by atoms with van der Waals surface area (Å²) in [5.74, 6) is -2.11. The van der Waals surface area contributed by atoms with E-state index < -0.39 is 29.4 Å². The van der Waals surface area contributed by atoms with E-state index in [0.29, 0.717) is 17.3 Å². The Kier molecular flexibility index (Phi) is 6.30. The molecule has 2 aromatic heterocycles. The van der Waals surface area contributed by atoms with Crippen molar-refractivity contribution in [2.75, 3.05) is 5.75 Å². The first-order valence-corrected chi connectivity index (χ1v) is 9.10. The first-order valence-electron chi connectivity index (χ1n) is 8.12. The number of nitro groups is 1. The molecule has 0 aliphatic heterocycles. The van der Waals surface area contributed by atoms with Gasteiger partial charge in [0, 0.05) is 23.9 Å². The number of rotatable bonds is 7. The van der Waals surface area contributed by atoms with E-state index in [2.05, 4.69) is 15.2 Å². The fourth-order valence-electron chi connectivity index (χ4n) is 2.17. The van der Waals surface area contributed by atoms with Gasteiger partial charge in [0.2, 0.25) is 5.89 Å². The number of thioether (sulfide) groups is 1. The molecule has 0 unspecified atom stereocenters. The number of ether oxygens (including phenoxy) is 1. The van der Waals surface area contributed by atoms with Crippen LogP contribution in [0.4, 0.5) is 18.9 Å². The fraction of sp³-hybridized carbons (Fsp3) is 0.176. The maximum absolute atomic E-state index is 12.4. The Morgan fingerprint density at radius 3 is 2.60 bits per heavy atom. The fourth-order valence-corrected chi connectivity index (χ4v) is 2.91. The number of carbonyl (C=O) groups is 1. The van der Waals surface area contributed by atoms with Gasteiger partial charge >= 0.3 is 12.1 Å². The summed E-state index contributed by atoms with van der Waals surface area (Å²) in [5.41, 5.74) is 0.189. The molecule has 9 nitrogen and oxygen atoms in total. The lowest BCUT2D eigenvalue weighted by molar-refractivity contribution is -0.384. The molecule has 0 saturated heterocycles. The van der Waals surface area contributed by atoms with Gasteiger partial charge in [-0.05, 0) is 24.3 Å². The van der Waals surface area contributed by atoms with Crippen LogP contribution >= 0.6 is 11.8 Å². The zero-order chi connectivity index (χ0) is 21.7. The van der Waals surface area contributed by atoms with E-state index >= 15 is 0 Å². The SMILES string of the molecule is O=C(OCc1nnc(-c2ccc([N+](=O)[O-])cc2)o1)c1cccnc1SCC(F)(F)F. The second kappa shape index (κ2) is 8.90. The van der Waals surface area contributed by atoms with E-state index in [1.54, 1.807) is 0 Å². The largest absolute Gasteiger partial charge is 0.452 e. The number of carbonyl (C=O) groups excluding carboxylic acids is 1. The van der Waals surface area contributed by atoms with Crippen LogP contribution in [0.15, 0.2) is 52.0 Å². The van der Waals surface area contributed by atoms with Gasteiger partial charge in [0.05, 0.1) is 16.2 Å². The maximum Gasteiger partial charge on any atom is 0.398 e. The lowest BCUT2D eigenvalue weighted by atomic mass is 10.2. The van der Waals surface area contributed by atoms with Gasteiger partial charge in [0.25, 0.3) is 11.6 Å². The molecule has 156 valence electrons. The molecule has 1 aromatic carbocycles.